The molecule has 0 spiro atoms. The molecule has 1 heterocycles. The Labute approximate surface area is 76.5 Å². The number of ether oxygens (including phenoxy) is 1. The van der Waals surface area contributed by atoms with Gasteiger partial charge in [-0.3, -0.25) is 4.98 Å². The third kappa shape index (κ3) is 1.38. The molecule has 0 aliphatic rings. The summed E-state index contributed by atoms with van der Waals surface area (Å²) in [4.78, 5) is 4.23. The number of benzene rings is 1. The van der Waals surface area contributed by atoms with Crippen LogP contribution in [0.5, 0.6) is 5.75 Å². The normalized spacial score (nSPS) is 9.85. The van der Waals surface area contributed by atoms with Gasteiger partial charge in [0.05, 0.1) is 6.26 Å². The maximum atomic E-state index is 5.22. The zero-order valence-electron chi connectivity index (χ0n) is 7.10. The van der Waals surface area contributed by atoms with Crippen LogP contribution < -0.4 is 4.74 Å². The Bertz CT molecular complexity index is 432. The van der Waals surface area contributed by atoms with Crippen molar-refractivity contribution in [2.24, 2.45) is 0 Å². The first-order valence-corrected chi connectivity index (χ1v) is 4.03. The molecule has 0 aliphatic carbocycles. The number of rotatable bonds is 2. The number of para-hydroxylation sites is 1. The summed E-state index contributed by atoms with van der Waals surface area (Å²) in [5.74, 6) is 0.744. The van der Waals surface area contributed by atoms with E-state index in [2.05, 4.69) is 11.6 Å². The second kappa shape index (κ2) is 3.27. The van der Waals surface area contributed by atoms with Gasteiger partial charge in [-0.25, -0.2) is 0 Å². The van der Waals surface area contributed by atoms with Crippen LogP contribution >= 0.6 is 0 Å². The van der Waals surface area contributed by atoms with Crippen LogP contribution in [0.2, 0.25) is 0 Å². The van der Waals surface area contributed by atoms with Gasteiger partial charge in [-0.2, -0.15) is 0 Å². The highest BCUT2D eigenvalue weighted by atomic mass is 16.5. The predicted octanol–water partition coefficient (Wildman–Crippen LogP) is 2.76. The van der Waals surface area contributed by atoms with Crippen molar-refractivity contribution >= 4 is 10.9 Å². The molecule has 0 atom stereocenters. The molecule has 0 bridgehead atoms. The molecule has 2 aromatic rings. The van der Waals surface area contributed by atoms with Gasteiger partial charge in [-0.05, 0) is 12.1 Å². The highest BCUT2D eigenvalue weighted by Gasteiger charge is 1.99. The van der Waals surface area contributed by atoms with Crippen molar-refractivity contribution in [3.63, 3.8) is 0 Å². The van der Waals surface area contributed by atoms with E-state index in [0.717, 1.165) is 16.7 Å². The molecule has 2 heteroatoms. The topological polar surface area (TPSA) is 22.1 Å². The average Bonchev–Trinajstić information content (AvgIpc) is 2.19. The highest BCUT2D eigenvalue weighted by molar-refractivity contribution is 5.84. The number of aromatic nitrogens is 1. The number of nitrogens with zero attached hydrogens (tertiary/aromatic N) is 1. The summed E-state index contributed by atoms with van der Waals surface area (Å²) in [5, 5.41) is 1.07. The first-order chi connectivity index (χ1) is 6.42. The van der Waals surface area contributed by atoms with Crippen molar-refractivity contribution in [2.75, 3.05) is 0 Å². The van der Waals surface area contributed by atoms with Crippen LogP contribution in [-0.4, -0.2) is 4.98 Å². The van der Waals surface area contributed by atoms with Gasteiger partial charge >= 0.3 is 0 Å². The lowest BCUT2D eigenvalue weighted by Crippen LogP contribution is -1.84. The summed E-state index contributed by atoms with van der Waals surface area (Å²) in [6, 6.07) is 9.70. The van der Waals surface area contributed by atoms with E-state index in [0.29, 0.717) is 0 Å². The minimum Gasteiger partial charge on any atom is -0.463 e. The molecule has 0 radical (unpaired) electrons. The molecule has 1 aromatic carbocycles. The summed E-state index contributed by atoms with van der Waals surface area (Å²) in [6.07, 6.45) is 3.15. The molecule has 0 aliphatic heterocycles. The number of hydrogen-bond acceptors (Lipinski definition) is 2. The van der Waals surface area contributed by atoms with Gasteiger partial charge in [-0.1, -0.05) is 24.8 Å². The van der Waals surface area contributed by atoms with Gasteiger partial charge in [0.2, 0.25) is 0 Å². The molecular formula is C11H9NO. The molecule has 0 amide bonds. The summed E-state index contributed by atoms with van der Waals surface area (Å²) in [5.41, 5.74) is 0.866. The molecule has 64 valence electrons. The summed E-state index contributed by atoms with van der Waals surface area (Å²) < 4.78 is 5.22. The fraction of sp³-hybridized carbons (Fsp3) is 0. The molecule has 0 saturated heterocycles. The number of pyridine rings is 1. The lowest BCUT2D eigenvalue weighted by atomic mass is 10.2. The third-order valence-corrected chi connectivity index (χ3v) is 1.81. The summed E-state index contributed by atoms with van der Waals surface area (Å²) in [6.45, 7) is 3.51. The van der Waals surface area contributed by atoms with Gasteiger partial charge in [0, 0.05) is 11.6 Å². The van der Waals surface area contributed by atoms with Gasteiger partial charge in [0.15, 0.2) is 5.75 Å². The van der Waals surface area contributed by atoms with Gasteiger partial charge < -0.3 is 4.74 Å². The third-order valence-electron chi connectivity index (χ3n) is 1.81. The average molecular weight is 171 g/mol. The van der Waals surface area contributed by atoms with Crippen molar-refractivity contribution in [1.29, 1.82) is 0 Å². The second-order valence-corrected chi connectivity index (χ2v) is 2.62. The zero-order chi connectivity index (χ0) is 9.10. The van der Waals surface area contributed by atoms with Crippen molar-refractivity contribution < 1.29 is 4.74 Å². The smallest absolute Gasteiger partial charge is 0.152 e. The molecule has 2 rings (SSSR count). The van der Waals surface area contributed by atoms with Crippen LogP contribution in [0.15, 0.2) is 49.4 Å². The van der Waals surface area contributed by atoms with Crippen LogP contribution in [0.3, 0.4) is 0 Å². The minimum absolute atomic E-state index is 0.744. The van der Waals surface area contributed by atoms with E-state index >= 15 is 0 Å². The molecule has 0 unspecified atom stereocenters. The molecule has 0 N–H and O–H groups in total. The van der Waals surface area contributed by atoms with Crippen LogP contribution in [0, 0.1) is 0 Å². The summed E-state index contributed by atoms with van der Waals surface area (Å²) >= 11 is 0. The van der Waals surface area contributed by atoms with E-state index in [1.807, 2.05) is 30.3 Å². The fourth-order valence-corrected chi connectivity index (χ4v) is 1.26. The SMILES string of the molecule is C=COc1cccc2cccnc12. The monoisotopic (exact) mass is 171 g/mol. The van der Waals surface area contributed by atoms with Crippen molar-refractivity contribution in [3.05, 3.63) is 49.4 Å². The first kappa shape index (κ1) is 7.80. The lowest BCUT2D eigenvalue weighted by molar-refractivity contribution is 0.488. The molecule has 2 nitrogen and oxygen atoms in total. The van der Waals surface area contributed by atoms with Crippen molar-refractivity contribution in [3.8, 4) is 5.75 Å². The fourth-order valence-electron chi connectivity index (χ4n) is 1.26. The molecule has 0 saturated carbocycles. The van der Waals surface area contributed by atoms with Crippen LogP contribution in [0.25, 0.3) is 10.9 Å². The van der Waals surface area contributed by atoms with E-state index in [4.69, 9.17) is 4.74 Å². The van der Waals surface area contributed by atoms with E-state index in [9.17, 15) is 0 Å². The van der Waals surface area contributed by atoms with Crippen molar-refractivity contribution in [2.45, 2.75) is 0 Å². The Hall–Kier alpha value is -1.83. The lowest BCUT2D eigenvalue weighted by Gasteiger charge is -2.02. The Morgan fingerprint density at radius 2 is 2.08 bits per heavy atom. The van der Waals surface area contributed by atoms with Gasteiger partial charge in [0.1, 0.15) is 5.52 Å². The zero-order valence-corrected chi connectivity index (χ0v) is 7.10. The maximum absolute atomic E-state index is 5.22. The van der Waals surface area contributed by atoms with E-state index in [1.165, 1.54) is 6.26 Å². The van der Waals surface area contributed by atoms with E-state index < -0.39 is 0 Å². The number of hydrogen-bond donors (Lipinski definition) is 0. The molecular weight excluding hydrogens is 162 g/mol. The molecule has 1 aromatic heterocycles. The van der Waals surface area contributed by atoms with Crippen LogP contribution in [0.1, 0.15) is 0 Å². The standard InChI is InChI=1S/C11H9NO/c1-2-13-10-7-3-5-9-6-4-8-12-11(9)10/h2-8H,1H2. The number of fused-ring (bicyclic) bond motifs is 1. The highest BCUT2D eigenvalue weighted by Crippen LogP contribution is 2.22. The van der Waals surface area contributed by atoms with E-state index in [-0.39, 0.29) is 0 Å². The quantitative estimate of drug-likeness (QED) is 0.648. The molecule has 13 heavy (non-hydrogen) atoms. The maximum Gasteiger partial charge on any atom is 0.152 e. The van der Waals surface area contributed by atoms with Crippen LogP contribution in [-0.2, 0) is 0 Å². The van der Waals surface area contributed by atoms with E-state index in [1.54, 1.807) is 6.20 Å². The predicted molar refractivity (Wildman–Crippen MR) is 52.6 cm³/mol. The first-order valence-electron chi connectivity index (χ1n) is 4.03. The largest absolute Gasteiger partial charge is 0.463 e. The Kier molecular flexibility index (Phi) is 1.96. The van der Waals surface area contributed by atoms with Crippen LogP contribution in [0.4, 0.5) is 0 Å². The van der Waals surface area contributed by atoms with Crippen molar-refractivity contribution in [1.82, 2.24) is 4.98 Å². The minimum atomic E-state index is 0.744. The Morgan fingerprint density at radius 1 is 1.23 bits per heavy atom. The Balaban J connectivity index is 2.68. The van der Waals surface area contributed by atoms with Gasteiger partial charge in [-0.15, -0.1) is 0 Å². The summed E-state index contributed by atoms with van der Waals surface area (Å²) in [7, 11) is 0. The molecule has 0 fully saturated rings. The second-order valence-electron chi connectivity index (χ2n) is 2.62. The van der Waals surface area contributed by atoms with Gasteiger partial charge in [0.25, 0.3) is 0 Å². The Morgan fingerprint density at radius 3 is 2.92 bits per heavy atom.